The fourth-order valence-electron chi connectivity index (χ4n) is 9.81. The molecule has 1 aliphatic heterocycles. The van der Waals surface area contributed by atoms with Crippen molar-refractivity contribution >= 4 is 22.1 Å². The van der Waals surface area contributed by atoms with Gasteiger partial charge in [-0.25, -0.2) is 9.59 Å². The zero-order valence-electron chi connectivity index (χ0n) is 55.8. The van der Waals surface area contributed by atoms with Gasteiger partial charge in [-0.15, -0.1) is 0 Å². The van der Waals surface area contributed by atoms with Crippen molar-refractivity contribution in [2.45, 2.75) is 174 Å². The van der Waals surface area contributed by atoms with Gasteiger partial charge in [0.2, 0.25) is 0 Å². The zero-order chi connectivity index (χ0) is 67.6. The van der Waals surface area contributed by atoms with Gasteiger partial charge < -0.3 is 29.2 Å². The Labute approximate surface area is 559 Å². The standard InChI is InChI=1S/C39H44O4.C36H40O4.C7H8O3S/c1-5-7-9-11-30-13-17-32(18-14-30)21-22-34-24-26-35(25-23-33-19-15-31(16-20-33)12-10-8-6-2)37(27-34)38(40)41-28-36-29-42-39(3,4)43-36;1-3-5-7-9-28-11-15-30(16-12-28)19-20-32-22-24-33(35(25-32)36(39)40-27-34(38)26-37)23-21-31-17-13-29(14-18-31)10-8-6-4-2;1-6-2-4-7(5-3-6)11(8,9)10/h13-20,24,26-27,36H,5-12,28-29H2,1-4H3;11-18,22,24-25,34,37-38H,3-10,26-27H2,1-2H3;2-5H,1H3,(H,8,9,10). The minimum atomic E-state index is -4.02. The number of hydrogen-bond acceptors (Lipinski definition) is 10. The highest BCUT2D eigenvalue weighted by Crippen LogP contribution is 2.24. The molecule has 7 aromatic carbocycles. The molecule has 1 aliphatic rings. The summed E-state index contributed by atoms with van der Waals surface area (Å²) in [5.41, 5.74) is 13.0. The van der Waals surface area contributed by atoms with Gasteiger partial charge in [0.1, 0.15) is 25.4 Å². The molecule has 492 valence electrons. The number of hydrogen-bond donors (Lipinski definition) is 3. The third kappa shape index (κ3) is 27.2. The summed E-state index contributed by atoms with van der Waals surface area (Å²) in [6.07, 6.45) is 17.4. The quantitative estimate of drug-likeness (QED) is 0.0228. The number of unbranched alkanes of at least 4 members (excludes halogenated alkanes) is 8. The lowest BCUT2D eigenvalue weighted by atomic mass is 10.0. The lowest BCUT2D eigenvalue weighted by Gasteiger charge is -2.17. The number of rotatable bonds is 24. The number of ether oxygens (including phenoxy) is 4. The molecule has 2 unspecified atom stereocenters. The number of esters is 2. The highest BCUT2D eigenvalue weighted by Gasteiger charge is 2.33. The van der Waals surface area contributed by atoms with Crippen LogP contribution in [0.15, 0.2) is 163 Å². The number of carbonyl (C=O) groups excluding carboxylic acids is 2. The Morgan fingerprint density at radius 2 is 0.840 bits per heavy atom. The van der Waals surface area contributed by atoms with Gasteiger partial charge in [-0.1, -0.05) is 193 Å². The Morgan fingerprint density at radius 1 is 0.500 bits per heavy atom. The van der Waals surface area contributed by atoms with E-state index in [0.29, 0.717) is 28.9 Å². The maximum absolute atomic E-state index is 13.3. The second-order valence-electron chi connectivity index (χ2n) is 23.9. The molecule has 8 rings (SSSR count). The molecule has 11 nitrogen and oxygen atoms in total. The summed E-state index contributed by atoms with van der Waals surface area (Å²) in [5, 5.41) is 18.7. The molecule has 1 fully saturated rings. The molecule has 94 heavy (non-hydrogen) atoms. The summed E-state index contributed by atoms with van der Waals surface area (Å²) >= 11 is 0. The van der Waals surface area contributed by atoms with E-state index in [0.717, 1.165) is 59.1 Å². The monoisotopic (exact) mass is 1280 g/mol. The first kappa shape index (κ1) is 74.5. The molecule has 0 aliphatic carbocycles. The number of benzene rings is 7. The number of carbonyl (C=O) groups is 2. The van der Waals surface area contributed by atoms with E-state index in [4.69, 9.17) is 28.6 Å². The van der Waals surface area contributed by atoms with Gasteiger partial charge in [0, 0.05) is 44.5 Å². The van der Waals surface area contributed by atoms with E-state index in [9.17, 15) is 23.1 Å². The van der Waals surface area contributed by atoms with Crippen molar-refractivity contribution in [3.63, 3.8) is 0 Å². The van der Waals surface area contributed by atoms with Gasteiger partial charge in [0.25, 0.3) is 10.1 Å². The highest BCUT2D eigenvalue weighted by atomic mass is 32.2. The molecule has 0 amide bonds. The Morgan fingerprint density at radius 3 is 1.17 bits per heavy atom. The maximum Gasteiger partial charge on any atom is 0.339 e. The molecule has 12 heteroatoms. The molecule has 7 aromatic rings. The summed E-state index contributed by atoms with van der Waals surface area (Å²) in [5.74, 6) is 23.7. The van der Waals surface area contributed by atoms with Crippen molar-refractivity contribution in [1.82, 2.24) is 0 Å². The van der Waals surface area contributed by atoms with Crippen LogP contribution in [-0.2, 0) is 54.7 Å². The number of aliphatic hydroxyl groups is 2. The normalized spacial score (nSPS) is 13.0. The average Bonchev–Trinajstić information content (AvgIpc) is 1.02. The predicted molar refractivity (Wildman–Crippen MR) is 375 cm³/mol. The minimum absolute atomic E-state index is 0.0666. The number of aliphatic hydroxyl groups excluding tert-OH is 2. The van der Waals surface area contributed by atoms with E-state index in [1.807, 2.05) is 75.4 Å². The van der Waals surface area contributed by atoms with E-state index in [1.54, 1.807) is 30.3 Å². The second-order valence-corrected chi connectivity index (χ2v) is 25.3. The van der Waals surface area contributed by atoms with Crippen LogP contribution < -0.4 is 0 Å². The Balaban J connectivity index is 0.000000256. The Kier molecular flexibility index (Phi) is 31.6. The Bertz CT molecular complexity index is 3880. The molecule has 0 radical (unpaired) electrons. The van der Waals surface area contributed by atoms with Crippen LogP contribution in [0.4, 0.5) is 0 Å². The van der Waals surface area contributed by atoms with E-state index in [1.165, 1.54) is 111 Å². The summed E-state index contributed by atoms with van der Waals surface area (Å²) in [7, 11) is -4.02. The van der Waals surface area contributed by atoms with E-state index < -0.39 is 40.6 Å². The summed E-state index contributed by atoms with van der Waals surface area (Å²) in [6, 6.07) is 50.0. The largest absolute Gasteiger partial charge is 0.459 e. The van der Waals surface area contributed by atoms with Crippen molar-refractivity contribution in [3.8, 4) is 47.4 Å². The zero-order valence-corrected chi connectivity index (χ0v) is 56.6. The molecule has 1 saturated heterocycles. The smallest absolute Gasteiger partial charge is 0.339 e. The molecule has 2 atom stereocenters. The second kappa shape index (κ2) is 39.9. The third-order valence-corrected chi connectivity index (χ3v) is 16.2. The van der Waals surface area contributed by atoms with Crippen molar-refractivity contribution in [2.75, 3.05) is 26.4 Å². The van der Waals surface area contributed by atoms with E-state index in [2.05, 4.69) is 136 Å². The number of aryl methyl sites for hydroxylation is 5. The van der Waals surface area contributed by atoms with Crippen molar-refractivity contribution in [2.24, 2.45) is 0 Å². The van der Waals surface area contributed by atoms with Crippen molar-refractivity contribution in [1.29, 1.82) is 0 Å². The van der Waals surface area contributed by atoms with Crippen LogP contribution in [0.1, 0.15) is 212 Å². The first-order valence-electron chi connectivity index (χ1n) is 33.1. The summed E-state index contributed by atoms with van der Waals surface area (Å²) in [6.45, 7) is 14.1. The summed E-state index contributed by atoms with van der Waals surface area (Å²) < 4.78 is 51.9. The van der Waals surface area contributed by atoms with E-state index in [-0.39, 0.29) is 29.8 Å². The molecule has 0 spiro atoms. The molecule has 3 N–H and O–H groups in total. The van der Waals surface area contributed by atoms with Gasteiger partial charge in [0.15, 0.2) is 5.79 Å². The first-order valence-corrected chi connectivity index (χ1v) is 34.5. The topological polar surface area (TPSA) is 166 Å². The first-order chi connectivity index (χ1) is 45.4. The Hall–Kier alpha value is -8.53. The molecule has 1 heterocycles. The SMILES string of the molecule is CCCCCc1ccc(C#Cc2ccc(C#Cc3ccc(CCCCC)cc3)c(C(=O)OCC(O)CO)c2)cc1.CCCCCc1ccc(C#Cc2ccc(C#Cc3ccc(CCCCC)cc3)c(C(=O)OCC3COC(C)(C)O3)c2)cc1.Cc1ccc(S(=O)(=O)O)cc1. The molecular formula is C82H92O11S. The summed E-state index contributed by atoms with van der Waals surface area (Å²) in [4.78, 5) is 26.1. The molecule has 0 bridgehead atoms. The van der Waals surface area contributed by atoms with Crippen LogP contribution in [0.2, 0.25) is 0 Å². The van der Waals surface area contributed by atoms with Crippen LogP contribution in [0.5, 0.6) is 0 Å². The van der Waals surface area contributed by atoms with Gasteiger partial charge >= 0.3 is 11.9 Å². The fourth-order valence-corrected chi connectivity index (χ4v) is 10.3. The molecule has 0 saturated carbocycles. The highest BCUT2D eigenvalue weighted by molar-refractivity contribution is 7.85. The van der Waals surface area contributed by atoms with Crippen LogP contribution in [0.3, 0.4) is 0 Å². The van der Waals surface area contributed by atoms with Gasteiger partial charge in [-0.05, 0) is 191 Å². The van der Waals surface area contributed by atoms with Gasteiger partial charge in [0.05, 0.1) is 29.2 Å². The van der Waals surface area contributed by atoms with Crippen LogP contribution >= 0.6 is 0 Å². The average molecular weight is 1290 g/mol. The lowest BCUT2D eigenvalue weighted by molar-refractivity contribution is -0.142. The molecular weight excluding hydrogens is 1190 g/mol. The molecule has 0 aromatic heterocycles. The van der Waals surface area contributed by atoms with Crippen molar-refractivity contribution in [3.05, 3.63) is 241 Å². The van der Waals surface area contributed by atoms with Gasteiger partial charge in [-0.3, -0.25) is 4.55 Å². The predicted octanol–water partition coefficient (Wildman–Crippen LogP) is 16.0. The van der Waals surface area contributed by atoms with Crippen LogP contribution in [0.25, 0.3) is 0 Å². The minimum Gasteiger partial charge on any atom is -0.459 e. The maximum atomic E-state index is 13.3. The van der Waals surface area contributed by atoms with Crippen LogP contribution in [-0.4, -0.2) is 79.5 Å². The fraction of sp³-hybridized carbons (Fsp3) is 0.366. The van der Waals surface area contributed by atoms with Crippen LogP contribution in [0, 0.1) is 54.3 Å². The van der Waals surface area contributed by atoms with Crippen molar-refractivity contribution < 1.29 is 51.7 Å². The lowest BCUT2D eigenvalue weighted by Crippen LogP contribution is -2.25. The van der Waals surface area contributed by atoms with E-state index >= 15 is 0 Å². The third-order valence-electron chi connectivity index (χ3n) is 15.4. The van der Waals surface area contributed by atoms with Gasteiger partial charge in [-0.2, -0.15) is 8.42 Å².